The smallest absolute Gasteiger partial charge is 0.339 e. The molecule has 0 bridgehead atoms. The van der Waals surface area contributed by atoms with Gasteiger partial charge in [-0.3, -0.25) is 4.98 Å². The van der Waals surface area contributed by atoms with Crippen LogP contribution in [0.15, 0.2) is 24.9 Å². The van der Waals surface area contributed by atoms with Gasteiger partial charge in [0.1, 0.15) is 11.5 Å². The van der Waals surface area contributed by atoms with Crippen molar-refractivity contribution in [3.63, 3.8) is 0 Å². The first kappa shape index (κ1) is 9.25. The van der Waals surface area contributed by atoms with Gasteiger partial charge in [0.2, 0.25) is 0 Å². The van der Waals surface area contributed by atoms with Crippen LogP contribution in [0.3, 0.4) is 0 Å². The van der Waals surface area contributed by atoms with E-state index in [0.717, 1.165) is 0 Å². The third-order valence-corrected chi connectivity index (χ3v) is 1.48. The number of rotatable bonds is 2. The van der Waals surface area contributed by atoms with E-state index in [-0.39, 0.29) is 5.76 Å². The van der Waals surface area contributed by atoms with Crippen molar-refractivity contribution < 1.29 is 14.6 Å². The maximum atomic E-state index is 10.9. The minimum absolute atomic E-state index is 0.128. The number of esters is 1. The SMILES string of the molecule is C=C(O)c1ccc(C(=O)OC)cn1. The molecule has 1 heterocycles. The van der Waals surface area contributed by atoms with Gasteiger partial charge >= 0.3 is 5.97 Å². The number of hydrogen-bond acceptors (Lipinski definition) is 4. The van der Waals surface area contributed by atoms with Gasteiger partial charge in [-0.2, -0.15) is 0 Å². The van der Waals surface area contributed by atoms with Gasteiger partial charge in [-0.25, -0.2) is 4.79 Å². The molecule has 0 fully saturated rings. The number of aliphatic hydroxyl groups is 1. The summed E-state index contributed by atoms with van der Waals surface area (Å²) in [7, 11) is 1.29. The topological polar surface area (TPSA) is 59.4 Å². The maximum Gasteiger partial charge on any atom is 0.339 e. The molecule has 0 saturated heterocycles. The number of aliphatic hydroxyl groups excluding tert-OH is 1. The Labute approximate surface area is 75.5 Å². The van der Waals surface area contributed by atoms with Gasteiger partial charge in [-0.05, 0) is 12.1 Å². The van der Waals surface area contributed by atoms with E-state index in [1.807, 2.05) is 0 Å². The Hall–Kier alpha value is -1.84. The fraction of sp³-hybridized carbons (Fsp3) is 0.111. The van der Waals surface area contributed by atoms with Gasteiger partial charge in [0.25, 0.3) is 0 Å². The molecule has 0 aliphatic rings. The van der Waals surface area contributed by atoms with Crippen LogP contribution in [0.5, 0.6) is 0 Å². The fourth-order valence-corrected chi connectivity index (χ4v) is 0.803. The first-order chi connectivity index (χ1) is 6.15. The molecule has 0 spiro atoms. The summed E-state index contributed by atoms with van der Waals surface area (Å²) in [5.41, 5.74) is 0.681. The van der Waals surface area contributed by atoms with Crippen LogP contribution >= 0.6 is 0 Å². The number of nitrogens with zero attached hydrogens (tertiary/aromatic N) is 1. The minimum Gasteiger partial charge on any atom is -0.506 e. The van der Waals surface area contributed by atoms with Crippen LogP contribution in [0, 0.1) is 0 Å². The summed E-state index contributed by atoms with van der Waals surface area (Å²) in [6.07, 6.45) is 1.32. The monoisotopic (exact) mass is 179 g/mol. The second kappa shape index (κ2) is 3.71. The van der Waals surface area contributed by atoms with Crippen molar-refractivity contribution in [1.29, 1.82) is 0 Å². The fourth-order valence-electron chi connectivity index (χ4n) is 0.803. The van der Waals surface area contributed by atoms with Crippen molar-refractivity contribution >= 4 is 11.7 Å². The zero-order chi connectivity index (χ0) is 9.84. The second-order valence-electron chi connectivity index (χ2n) is 2.37. The Balaban J connectivity index is 2.93. The van der Waals surface area contributed by atoms with E-state index in [0.29, 0.717) is 11.3 Å². The quantitative estimate of drug-likeness (QED) is 0.550. The van der Waals surface area contributed by atoms with Crippen LogP contribution in [-0.4, -0.2) is 23.2 Å². The maximum absolute atomic E-state index is 10.9. The molecule has 1 aromatic heterocycles. The van der Waals surface area contributed by atoms with Gasteiger partial charge in [0.15, 0.2) is 0 Å². The molecule has 1 N–H and O–H groups in total. The van der Waals surface area contributed by atoms with Crippen molar-refractivity contribution in [3.8, 4) is 0 Å². The predicted octanol–water partition coefficient (Wildman–Crippen LogP) is 1.40. The van der Waals surface area contributed by atoms with Crippen molar-refractivity contribution in [2.75, 3.05) is 7.11 Å². The van der Waals surface area contributed by atoms with E-state index in [1.165, 1.54) is 25.4 Å². The lowest BCUT2D eigenvalue weighted by atomic mass is 10.2. The molecule has 1 rings (SSSR count). The zero-order valence-electron chi connectivity index (χ0n) is 7.15. The third kappa shape index (κ3) is 2.05. The number of carbonyl (C=O) groups excluding carboxylic acids is 1. The van der Waals surface area contributed by atoms with Crippen LogP contribution in [0.25, 0.3) is 5.76 Å². The molecule has 0 aromatic carbocycles. The Bertz CT molecular complexity index is 329. The summed E-state index contributed by atoms with van der Waals surface area (Å²) in [5, 5.41) is 8.94. The van der Waals surface area contributed by atoms with E-state index in [2.05, 4.69) is 16.3 Å². The van der Waals surface area contributed by atoms with E-state index >= 15 is 0 Å². The first-order valence-electron chi connectivity index (χ1n) is 3.57. The number of carbonyl (C=O) groups is 1. The number of methoxy groups -OCH3 is 1. The molecule has 0 amide bonds. The normalized spacial score (nSPS) is 9.31. The van der Waals surface area contributed by atoms with Crippen molar-refractivity contribution in [2.45, 2.75) is 0 Å². The Morgan fingerprint density at radius 2 is 2.31 bits per heavy atom. The van der Waals surface area contributed by atoms with Gasteiger partial charge in [0, 0.05) is 6.20 Å². The molecule has 1 aromatic rings. The molecule has 0 saturated carbocycles. The van der Waals surface area contributed by atoms with Crippen LogP contribution < -0.4 is 0 Å². The summed E-state index contributed by atoms with van der Waals surface area (Å²) >= 11 is 0. The first-order valence-corrected chi connectivity index (χ1v) is 3.57. The van der Waals surface area contributed by atoms with Crippen molar-refractivity contribution in [3.05, 3.63) is 36.2 Å². The van der Waals surface area contributed by atoms with Crippen molar-refractivity contribution in [2.24, 2.45) is 0 Å². The average molecular weight is 179 g/mol. The second-order valence-corrected chi connectivity index (χ2v) is 2.37. The standard InChI is InChI=1S/C9H9NO3/c1-6(11)8-4-3-7(5-10-8)9(12)13-2/h3-5,11H,1H2,2H3. The lowest BCUT2D eigenvalue weighted by Gasteiger charge is -1.99. The molecule has 68 valence electrons. The number of pyridine rings is 1. The largest absolute Gasteiger partial charge is 0.506 e. The molecule has 0 aliphatic heterocycles. The van der Waals surface area contributed by atoms with Gasteiger partial charge in [-0.15, -0.1) is 0 Å². The Morgan fingerprint density at radius 1 is 1.62 bits per heavy atom. The summed E-state index contributed by atoms with van der Waals surface area (Å²) < 4.78 is 4.47. The van der Waals surface area contributed by atoms with Crippen LogP contribution in [0.2, 0.25) is 0 Å². The zero-order valence-corrected chi connectivity index (χ0v) is 7.15. The number of aromatic nitrogens is 1. The Morgan fingerprint density at radius 3 is 2.69 bits per heavy atom. The highest BCUT2D eigenvalue weighted by Crippen LogP contribution is 2.07. The molecular weight excluding hydrogens is 170 g/mol. The van der Waals surface area contributed by atoms with Gasteiger partial charge in [-0.1, -0.05) is 6.58 Å². The van der Waals surface area contributed by atoms with Crippen LogP contribution in [0.4, 0.5) is 0 Å². The van der Waals surface area contributed by atoms with Crippen LogP contribution in [-0.2, 0) is 4.74 Å². The highest BCUT2D eigenvalue weighted by Gasteiger charge is 2.05. The Kier molecular flexibility index (Phi) is 2.64. The molecule has 0 radical (unpaired) electrons. The van der Waals surface area contributed by atoms with Gasteiger partial charge < -0.3 is 9.84 Å². The third-order valence-electron chi connectivity index (χ3n) is 1.48. The highest BCUT2D eigenvalue weighted by molar-refractivity contribution is 5.89. The van der Waals surface area contributed by atoms with Crippen molar-refractivity contribution in [1.82, 2.24) is 4.98 Å². The number of hydrogen-bond donors (Lipinski definition) is 1. The summed E-state index contributed by atoms with van der Waals surface area (Å²) in [5.74, 6) is -0.584. The highest BCUT2D eigenvalue weighted by atomic mass is 16.5. The van der Waals surface area contributed by atoms with E-state index in [9.17, 15) is 4.79 Å². The lowest BCUT2D eigenvalue weighted by molar-refractivity contribution is 0.0600. The minimum atomic E-state index is -0.456. The van der Waals surface area contributed by atoms with E-state index in [1.54, 1.807) is 0 Å². The van der Waals surface area contributed by atoms with Gasteiger partial charge in [0.05, 0.1) is 12.7 Å². The molecular formula is C9H9NO3. The number of ether oxygens (including phenoxy) is 1. The molecule has 0 unspecified atom stereocenters. The lowest BCUT2D eigenvalue weighted by Crippen LogP contribution is -2.02. The van der Waals surface area contributed by atoms with Crippen LogP contribution in [0.1, 0.15) is 16.1 Å². The summed E-state index contributed by atoms with van der Waals surface area (Å²) in [6.45, 7) is 3.30. The average Bonchev–Trinajstić information content (AvgIpc) is 2.17. The van der Waals surface area contributed by atoms with E-state index < -0.39 is 5.97 Å². The summed E-state index contributed by atoms with van der Waals surface area (Å²) in [4.78, 5) is 14.7. The molecule has 0 aliphatic carbocycles. The van der Waals surface area contributed by atoms with E-state index in [4.69, 9.17) is 5.11 Å². The molecule has 0 atom stereocenters. The predicted molar refractivity (Wildman–Crippen MR) is 47.2 cm³/mol. The molecule has 4 nitrogen and oxygen atoms in total. The summed E-state index contributed by atoms with van der Waals surface area (Å²) in [6, 6.07) is 3.00. The molecule has 13 heavy (non-hydrogen) atoms. The molecule has 4 heteroatoms.